The van der Waals surface area contributed by atoms with E-state index in [1.54, 1.807) is 12.1 Å². The Balaban J connectivity index is 1.24. The van der Waals surface area contributed by atoms with Crippen LogP contribution in [0.15, 0.2) is 53.7 Å². The summed E-state index contributed by atoms with van der Waals surface area (Å²) in [6.45, 7) is 0.907. The van der Waals surface area contributed by atoms with Gasteiger partial charge < -0.3 is 14.4 Å². The van der Waals surface area contributed by atoms with Gasteiger partial charge in [-0.2, -0.15) is 0 Å². The smallest absolute Gasteiger partial charge is 0.406 e. The van der Waals surface area contributed by atoms with E-state index in [1.165, 1.54) is 17.2 Å². The van der Waals surface area contributed by atoms with Crippen LogP contribution in [0.25, 0.3) is 0 Å². The summed E-state index contributed by atoms with van der Waals surface area (Å²) in [5, 5.41) is 8.88. The largest absolute Gasteiger partial charge is 0.573 e. The molecule has 0 unspecified atom stereocenters. The van der Waals surface area contributed by atoms with Crippen LogP contribution in [0.3, 0.4) is 0 Å². The lowest BCUT2D eigenvalue weighted by Gasteiger charge is -2.35. The lowest BCUT2D eigenvalue weighted by molar-refractivity contribution is -0.274. The number of carbonyl (C=O) groups excluding carboxylic acids is 1. The maximum Gasteiger partial charge on any atom is 0.573 e. The van der Waals surface area contributed by atoms with E-state index in [0.29, 0.717) is 37.4 Å². The number of nitrogens with zero attached hydrogens (tertiary/aromatic N) is 2. The van der Waals surface area contributed by atoms with Crippen LogP contribution < -0.4 is 10.1 Å². The van der Waals surface area contributed by atoms with Crippen LogP contribution in [-0.4, -0.2) is 41.9 Å². The monoisotopic (exact) mass is 469 g/mol. The Morgan fingerprint density at radius 3 is 2.38 bits per heavy atom. The molecular weight excluding hydrogens is 451 g/mol. The third-order valence-corrected chi connectivity index (χ3v) is 5.45. The summed E-state index contributed by atoms with van der Waals surface area (Å²) in [5.41, 5.74) is 1.65. The van der Waals surface area contributed by atoms with Gasteiger partial charge in [-0.05, 0) is 42.0 Å². The highest BCUT2D eigenvalue weighted by Gasteiger charge is 2.43. The van der Waals surface area contributed by atoms with Crippen LogP contribution in [-0.2, 0) is 9.68 Å². The number of anilines is 1. The van der Waals surface area contributed by atoms with Crippen molar-refractivity contribution in [2.75, 3.05) is 18.4 Å². The van der Waals surface area contributed by atoms with Gasteiger partial charge in [0.15, 0.2) is 0 Å². The van der Waals surface area contributed by atoms with Crippen molar-refractivity contribution in [1.29, 1.82) is 0 Å². The van der Waals surface area contributed by atoms with Crippen molar-refractivity contribution in [1.82, 2.24) is 5.06 Å². The molecule has 0 bridgehead atoms. The minimum Gasteiger partial charge on any atom is -0.406 e. The number of hydrogen-bond acceptors (Lipinski definition) is 6. The van der Waals surface area contributed by atoms with Gasteiger partial charge in [0.1, 0.15) is 11.4 Å². The summed E-state index contributed by atoms with van der Waals surface area (Å²) in [6, 6.07) is 12.2. The fourth-order valence-corrected chi connectivity index (χ4v) is 3.70. The van der Waals surface area contributed by atoms with Crippen molar-refractivity contribution in [3.63, 3.8) is 0 Å². The first-order valence-electron chi connectivity index (χ1n) is 9.80. The quantitative estimate of drug-likeness (QED) is 0.652. The van der Waals surface area contributed by atoms with Crippen molar-refractivity contribution in [2.45, 2.75) is 31.2 Å². The number of hydrogen-bond donors (Lipinski definition) is 1. The third kappa shape index (κ3) is 5.63. The van der Waals surface area contributed by atoms with Crippen molar-refractivity contribution in [3.05, 3.63) is 59.1 Å². The summed E-state index contributed by atoms with van der Waals surface area (Å²) in [5.74, 6) is -0.380. The zero-order valence-electron chi connectivity index (χ0n) is 16.7. The van der Waals surface area contributed by atoms with Gasteiger partial charge in [0.25, 0.3) is 0 Å². The molecule has 2 aliphatic rings. The zero-order chi connectivity index (χ0) is 22.8. The Hall–Kier alpha value is -2.98. The molecule has 1 spiro atoms. The van der Waals surface area contributed by atoms with Crippen LogP contribution in [0.2, 0.25) is 5.02 Å². The molecule has 2 heterocycles. The summed E-state index contributed by atoms with van der Waals surface area (Å²) < 4.78 is 40.4. The highest BCUT2D eigenvalue weighted by molar-refractivity contribution is 6.30. The zero-order valence-corrected chi connectivity index (χ0v) is 17.4. The molecule has 2 aromatic carbocycles. The third-order valence-electron chi connectivity index (χ3n) is 5.20. The van der Waals surface area contributed by atoms with Crippen LogP contribution in [0.5, 0.6) is 5.75 Å². The van der Waals surface area contributed by atoms with E-state index in [2.05, 4.69) is 15.2 Å². The van der Waals surface area contributed by atoms with E-state index >= 15 is 0 Å². The van der Waals surface area contributed by atoms with E-state index in [-0.39, 0.29) is 11.4 Å². The first kappa shape index (κ1) is 22.2. The number of piperidine rings is 1. The Labute approximate surface area is 186 Å². The number of ether oxygens (including phenoxy) is 1. The molecule has 32 heavy (non-hydrogen) atoms. The fraction of sp³-hybridized carbons (Fsp3) is 0.333. The highest BCUT2D eigenvalue weighted by atomic mass is 35.5. The molecule has 0 atom stereocenters. The number of oxime groups is 1. The number of rotatable bonds is 4. The van der Waals surface area contributed by atoms with Gasteiger partial charge in [-0.1, -0.05) is 28.9 Å². The second-order valence-electron chi connectivity index (χ2n) is 7.50. The minimum atomic E-state index is -4.77. The molecule has 0 saturated carbocycles. The number of benzene rings is 2. The van der Waals surface area contributed by atoms with Crippen molar-refractivity contribution in [3.8, 4) is 5.75 Å². The standard InChI is InChI=1S/C21H19ClF3N3O4/c22-15-3-1-14(2-4-15)18-13-20(32-27-18)9-11-28(12-10-20)31-19(29)26-16-5-7-17(8-6-16)30-21(23,24)25/h1-8H,9-13H2,(H,26,29). The molecule has 0 radical (unpaired) electrons. The lowest BCUT2D eigenvalue weighted by atomic mass is 9.86. The van der Waals surface area contributed by atoms with Gasteiger partial charge in [0.05, 0.1) is 5.71 Å². The fourth-order valence-electron chi connectivity index (χ4n) is 3.57. The Kier molecular flexibility index (Phi) is 6.16. The molecule has 7 nitrogen and oxygen atoms in total. The Morgan fingerprint density at radius 1 is 1.09 bits per heavy atom. The topological polar surface area (TPSA) is 72.4 Å². The number of halogens is 4. The number of alkyl halides is 3. The normalized spacial score (nSPS) is 18.1. The Bertz CT molecular complexity index is 989. The van der Waals surface area contributed by atoms with Gasteiger partial charge in [0.2, 0.25) is 0 Å². The molecule has 0 aromatic heterocycles. The molecule has 1 N–H and O–H groups in total. The second-order valence-corrected chi connectivity index (χ2v) is 7.94. The molecule has 170 valence electrons. The summed E-state index contributed by atoms with van der Waals surface area (Å²) in [4.78, 5) is 23.2. The second kappa shape index (κ2) is 8.87. The first-order valence-corrected chi connectivity index (χ1v) is 10.2. The predicted molar refractivity (Wildman–Crippen MR) is 110 cm³/mol. The van der Waals surface area contributed by atoms with Gasteiger partial charge >= 0.3 is 12.5 Å². The van der Waals surface area contributed by atoms with Gasteiger partial charge in [0, 0.05) is 43.1 Å². The molecule has 2 aromatic rings. The maximum atomic E-state index is 12.2. The van der Waals surface area contributed by atoms with Crippen LogP contribution in [0.4, 0.5) is 23.7 Å². The van der Waals surface area contributed by atoms with Crippen LogP contribution in [0, 0.1) is 0 Å². The molecule has 1 saturated heterocycles. The first-order chi connectivity index (χ1) is 15.2. The maximum absolute atomic E-state index is 12.2. The average molecular weight is 470 g/mol. The summed E-state index contributed by atoms with van der Waals surface area (Å²) in [6.07, 6.45) is -3.63. The van der Waals surface area contributed by atoms with Gasteiger partial charge in [-0.25, -0.2) is 4.79 Å². The van der Waals surface area contributed by atoms with E-state index in [4.69, 9.17) is 21.3 Å². The van der Waals surface area contributed by atoms with Gasteiger partial charge in [-0.15, -0.1) is 18.2 Å². The summed E-state index contributed by atoms with van der Waals surface area (Å²) >= 11 is 5.93. The molecule has 2 aliphatic heterocycles. The Morgan fingerprint density at radius 2 is 1.75 bits per heavy atom. The van der Waals surface area contributed by atoms with Crippen molar-refractivity contribution >= 4 is 29.1 Å². The molecule has 11 heteroatoms. The minimum absolute atomic E-state index is 0.276. The number of carbonyl (C=O) groups is 1. The molecular formula is C21H19ClF3N3O4. The molecule has 0 aliphatic carbocycles. The van der Waals surface area contributed by atoms with Gasteiger partial charge in [-0.3, -0.25) is 5.32 Å². The molecule has 4 rings (SSSR count). The number of amides is 1. The van der Waals surface area contributed by atoms with E-state index < -0.39 is 18.1 Å². The molecule has 1 amide bonds. The average Bonchev–Trinajstić information content (AvgIpc) is 3.15. The van der Waals surface area contributed by atoms with E-state index in [0.717, 1.165) is 23.4 Å². The van der Waals surface area contributed by atoms with Crippen molar-refractivity contribution in [2.24, 2.45) is 5.16 Å². The van der Waals surface area contributed by atoms with E-state index in [9.17, 15) is 18.0 Å². The summed E-state index contributed by atoms with van der Waals surface area (Å²) in [7, 11) is 0. The lowest BCUT2D eigenvalue weighted by Crippen LogP contribution is -2.45. The SMILES string of the molecule is O=C(Nc1ccc(OC(F)(F)F)cc1)ON1CCC2(CC1)CC(c1ccc(Cl)cc1)=NO2. The van der Waals surface area contributed by atoms with Crippen LogP contribution >= 0.6 is 11.6 Å². The predicted octanol–water partition coefficient (Wildman–Crippen LogP) is 5.36. The molecule has 1 fully saturated rings. The number of nitrogens with one attached hydrogen (secondary N) is 1. The van der Waals surface area contributed by atoms with E-state index in [1.807, 2.05) is 12.1 Å². The highest BCUT2D eigenvalue weighted by Crippen LogP contribution is 2.36. The van der Waals surface area contributed by atoms with Crippen molar-refractivity contribution < 1.29 is 32.4 Å². The number of hydroxylamine groups is 2. The van der Waals surface area contributed by atoms with Crippen LogP contribution in [0.1, 0.15) is 24.8 Å².